The molecule has 0 aromatic heterocycles. The molecular formula is C17H26N2O. The zero-order chi connectivity index (χ0) is 14.4. The van der Waals surface area contributed by atoms with Gasteiger partial charge < -0.3 is 5.73 Å². The van der Waals surface area contributed by atoms with Crippen molar-refractivity contribution < 1.29 is 4.79 Å². The molecule has 1 heterocycles. The second-order valence-electron chi connectivity index (χ2n) is 6.05. The number of benzene rings is 1. The summed E-state index contributed by atoms with van der Waals surface area (Å²) < 4.78 is 0. The molecule has 1 aliphatic heterocycles. The van der Waals surface area contributed by atoms with E-state index in [2.05, 4.69) is 36.1 Å². The van der Waals surface area contributed by atoms with Crippen LogP contribution < -0.4 is 5.73 Å². The van der Waals surface area contributed by atoms with E-state index in [1.54, 1.807) is 0 Å². The summed E-state index contributed by atoms with van der Waals surface area (Å²) in [6.07, 6.45) is 4.95. The van der Waals surface area contributed by atoms with E-state index in [-0.39, 0.29) is 5.91 Å². The van der Waals surface area contributed by atoms with Crippen LogP contribution in [0.5, 0.6) is 0 Å². The van der Waals surface area contributed by atoms with Gasteiger partial charge >= 0.3 is 0 Å². The lowest BCUT2D eigenvalue weighted by Crippen LogP contribution is -2.32. The van der Waals surface area contributed by atoms with E-state index in [1.165, 1.54) is 30.5 Å². The largest absolute Gasteiger partial charge is 0.370 e. The third-order valence-electron chi connectivity index (χ3n) is 4.27. The number of rotatable bonds is 7. The zero-order valence-corrected chi connectivity index (χ0v) is 12.5. The molecule has 2 rings (SSSR count). The van der Waals surface area contributed by atoms with Crippen molar-refractivity contribution in [2.75, 3.05) is 13.1 Å². The van der Waals surface area contributed by atoms with Gasteiger partial charge in [-0.15, -0.1) is 0 Å². The lowest BCUT2D eigenvalue weighted by atomic mass is 9.97. The van der Waals surface area contributed by atoms with E-state index in [9.17, 15) is 4.79 Å². The molecule has 110 valence electrons. The number of hydrogen-bond acceptors (Lipinski definition) is 2. The summed E-state index contributed by atoms with van der Waals surface area (Å²) in [7, 11) is 0. The van der Waals surface area contributed by atoms with Gasteiger partial charge in [-0.2, -0.15) is 0 Å². The van der Waals surface area contributed by atoms with Crippen LogP contribution in [0.2, 0.25) is 0 Å². The predicted octanol–water partition coefficient (Wildman–Crippen LogP) is 2.73. The molecule has 1 aliphatic rings. The molecule has 0 fully saturated rings. The summed E-state index contributed by atoms with van der Waals surface area (Å²) in [5.41, 5.74) is 8.17. The van der Waals surface area contributed by atoms with Crippen molar-refractivity contribution in [3.05, 3.63) is 35.4 Å². The Hall–Kier alpha value is -1.35. The van der Waals surface area contributed by atoms with E-state index in [4.69, 9.17) is 5.73 Å². The van der Waals surface area contributed by atoms with Crippen LogP contribution in [0.3, 0.4) is 0 Å². The Kier molecular flexibility index (Phi) is 5.60. The van der Waals surface area contributed by atoms with E-state index in [0.717, 1.165) is 25.9 Å². The molecule has 20 heavy (non-hydrogen) atoms. The van der Waals surface area contributed by atoms with Crippen molar-refractivity contribution in [1.82, 2.24) is 4.90 Å². The monoisotopic (exact) mass is 274 g/mol. The van der Waals surface area contributed by atoms with Gasteiger partial charge in [-0.05, 0) is 42.9 Å². The second-order valence-corrected chi connectivity index (χ2v) is 6.05. The van der Waals surface area contributed by atoms with Crippen molar-refractivity contribution in [2.24, 2.45) is 11.7 Å². The van der Waals surface area contributed by atoms with Gasteiger partial charge in [0.2, 0.25) is 5.91 Å². The molecular weight excluding hydrogens is 248 g/mol. The molecule has 3 nitrogen and oxygen atoms in total. The van der Waals surface area contributed by atoms with Gasteiger partial charge in [0.15, 0.2) is 0 Å². The van der Waals surface area contributed by atoms with Crippen LogP contribution >= 0.6 is 0 Å². The molecule has 0 saturated heterocycles. The van der Waals surface area contributed by atoms with Crippen LogP contribution in [0.25, 0.3) is 0 Å². The molecule has 2 N–H and O–H groups in total. The fourth-order valence-electron chi connectivity index (χ4n) is 2.92. The highest BCUT2D eigenvalue weighted by Gasteiger charge is 2.16. The quantitative estimate of drug-likeness (QED) is 0.831. The van der Waals surface area contributed by atoms with Gasteiger partial charge in [0, 0.05) is 19.5 Å². The number of fused-ring (bicyclic) bond motifs is 1. The number of nitrogens with zero attached hydrogens (tertiary/aromatic N) is 1. The number of hydrogen-bond donors (Lipinski definition) is 1. The number of primary amides is 1. The van der Waals surface area contributed by atoms with Gasteiger partial charge in [-0.1, -0.05) is 37.6 Å². The number of nitrogens with two attached hydrogens (primary N) is 1. The van der Waals surface area contributed by atoms with Crippen molar-refractivity contribution in [3.63, 3.8) is 0 Å². The predicted molar refractivity (Wildman–Crippen MR) is 82.2 cm³/mol. The molecule has 1 unspecified atom stereocenters. The van der Waals surface area contributed by atoms with Crippen LogP contribution in [0.1, 0.15) is 43.7 Å². The Balaban J connectivity index is 1.69. The highest BCUT2D eigenvalue weighted by molar-refractivity contribution is 5.73. The van der Waals surface area contributed by atoms with Gasteiger partial charge in [0.25, 0.3) is 0 Å². The molecule has 0 saturated carbocycles. The van der Waals surface area contributed by atoms with Gasteiger partial charge in [-0.3, -0.25) is 9.69 Å². The third kappa shape index (κ3) is 4.64. The van der Waals surface area contributed by atoms with E-state index < -0.39 is 0 Å². The molecule has 1 aromatic rings. The summed E-state index contributed by atoms with van der Waals surface area (Å²) >= 11 is 0. The highest BCUT2D eigenvalue weighted by Crippen LogP contribution is 2.20. The lowest BCUT2D eigenvalue weighted by Gasteiger charge is -2.29. The second kappa shape index (κ2) is 7.44. The van der Waals surface area contributed by atoms with Crippen molar-refractivity contribution >= 4 is 5.91 Å². The summed E-state index contributed by atoms with van der Waals surface area (Å²) in [5.74, 6) is 0.497. The Bertz CT molecular complexity index is 444. The first-order valence-corrected chi connectivity index (χ1v) is 7.72. The first-order valence-electron chi connectivity index (χ1n) is 7.72. The fraction of sp³-hybridized carbons (Fsp3) is 0.588. The molecule has 0 radical (unpaired) electrons. The first kappa shape index (κ1) is 15.0. The highest BCUT2D eigenvalue weighted by atomic mass is 16.1. The Morgan fingerprint density at radius 1 is 1.30 bits per heavy atom. The van der Waals surface area contributed by atoms with Gasteiger partial charge in [0.1, 0.15) is 0 Å². The molecule has 0 spiro atoms. The van der Waals surface area contributed by atoms with Crippen molar-refractivity contribution in [1.29, 1.82) is 0 Å². The molecule has 1 amide bonds. The first-order chi connectivity index (χ1) is 9.65. The van der Waals surface area contributed by atoms with Crippen molar-refractivity contribution in [3.8, 4) is 0 Å². The van der Waals surface area contributed by atoms with Crippen molar-refractivity contribution in [2.45, 2.75) is 45.6 Å². The van der Waals surface area contributed by atoms with E-state index in [0.29, 0.717) is 12.3 Å². The Labute approximate surface area is 122 Å². The molecule has 0 bridgehead atoms. The van der Waals surface area contributed by atoms with E-state index >= 15 is 0 Å². The average Bonchev–Trinajstić information content (AvgIpc) is 2.44. The third-order valence-corrected chi connectivity index (χ3v) is 4.27. The van der Waals surface area contributed by atoms with Gasteiger partial charge in [0.05, 0.1) is 0 Å². The topological polar surface area (TPSA) is 46.3 Å². The summed E-state index contributed by atoms with van der Waals surface area (Å²) in [6, 6.07) is 8.76. The molecule has 1 aromatic carbocycles. The maximum absolute atomic E-state index is 10.7. The minimum atomic E-state index is -0.176. The van der Waals surface area contributed by atoms with Crippen LogP contribution in [0, 0.1) is 5.92 Å². The van der Waals surface area contributed by atoms with Gasteiger partial charge in [-0.25, -0.2) is 0 Å². The summed E-state index contributed by atoms with van der Waals surface area (Å²) in [5, 5.41) is 0. The number of carbonyl (C=O) groups excluding carboxylic acids is 1. The fourth-order valence-corrected chi connectivity index (χ4v) is 2.92. The van der Waals surface area contributed by atoms with E-state index in [1.807, 2.05) is 0 Å². The molecule has 1 atom stereocenters. The zero-order valence-electron chi connectivity index (χ0n) is 12.5. The standard InChI is InChI=1S/C17H26N2O/c1-14(5-4-8-17(18)20)9-11-19-12-10-15-6-2-3-7-16(15)13-19/h2-3,6-7,14H,4-5,8-13H2,1H3,(H2,18,20). The minimum Gasteiger partial charge on any atom is -0.370 e. The van der Waals surface area contributed by atoms with Crippen LogP contribution in [0.15, 0.2) is 24.3 Å². The maximum atomic E-state index is 10.7. The summed E-state index contributed by atoms with van der Waals surface area (Å²) in [4.78, 5) is 13.3. The number of carbonyl (C=O) groups is 1. The van der Waals surface area contributed by atoms with Crippen LogP contribution in [-0.4, -0.2) is 23.9 Å². The maximum Gasteiger partial charge on any atom is 0.217 e. The smallest absolute Gasteiger partial charge is 0.217 e. The molecule has 3 heteroatoms. The lowest BCUT2D eigenvalue weighted by molar-refractivity contribution is -0.118. The Morgan fingerprint density at radius 3 is 2.80 bits per heavy atom. The molecule has 0 aliphatic carbocycles. The average molecular weight is 274 g/mol. The van der Waals surface area contributed by atoms with Crippen LogP contribution in [0.4, 0.5) is 0 Å². The normalized spacial score (nSPS) is 16.6. The number of amides is 1. The Morgan fingerprint density at radius 2 is 2.05 bits per heavy atom. The summed E-state index contributed by atoms with van der Waals surface area (Å²) in [6.45, 7) is 5.69. The SMILES string of the molecule is CC(CCCC(N)=O)CCN1CCc2ccccc2C1. The minimum absolute atomic E-state index is 0.176. The van der Waals surface area contributed by atoms with Crippen LogP contribution in [-0.2, 0) is 17.8 Å².